The minimum atomic E-state index is -2.04. The van der Waals surface area contributed by atoms with Gasteiger partial charge in [0.15, 0.2) is 5.60 Å². The third kappa shape index (κ3) is 11.4. The Labute approximate surface area is 444 Å². The van der Waals surface area contributed by atoms with Crippen LogP contribution in [-0.4, -0.2) is 113 Å². The number of anilines is 1. The van der Waals surface area contributed by atoms with Gasteiger partial charge in [-0.1, -0.05) is 49.4 Å². The van der Waals surface area contributed by atoms with E-state index in [-0.39, 0.29) is 76.7 Å². The number of aryl methyl sites for hydroxylation is 1. The molecule has 7 amide bonds. The lowest BCUT2D eigenvalue weighted by atomic mass is 9.81. The summed E-state index contributed by atoms with van der Waals surface area (Å²) >= 11 is 0. The molecule has 3 aromatic carbocycles. The van der Waals surface area contributed by atoms with E-state index in [2.05, 4.69) is 26.6 Å². The molecule has 0 spiro atoms. The number of halogens is 1. The Hall–Kier alpha value is -8.67. The molecule has 5 aromatic rings. The third-order valence-corrected chi connectivity index (χ3v) is 14.1. The Morgan fingerprint density at radius 3 is 2.32 bits per heavy atom. The van der Waals surface area contributed by atoms with Gasteiger partial charge in [-0.25, -0.2) is 19.0 Å². The van der Waals surface area contributed by atoms with Crippen molar-refractivity contribution in [3.63, 3.8) is 0 Å². The second-order valence-corrected chi connectivity index (χ2v) is 18.9. The molecule has 3 aliphatic heterocycles. The molecule has 0 saturated heterocycles. The number of esters is 1. The van der Waals surface area contributed by atoms with Gasteiger partial charge >= 0.3 is 12.1 Å². The molecule has 3 atom stereocenters. The number of imide groups is 1. The van der Waals surface area contributed by atoms with Crippen molar-refractivity contribution in [3.8, 4) is 11.4 Å². The zero-order chi connectivity index (χ0) is 55.3. The molecule has 6 N–H and O–H groups in total. The van der Waals surface area contributed by atoms with Crippen LogP contribution < -0.4 is 32.1 Å². The van der Waals surface area contributed by atoms with Gasteiger partial charge in [-0.05, 0) is 72.2 Å². The van der Waals surface area contributed by atoms with E-state index in [0.29, 0.717) is 68.6 Å². The van der Waals surface area contributed by atoms with Crippen LogP contribution in [0.1, 0.15) is 82.8 Å². The number of fused-ring (bicyclic) bond motifs is 5. The molecule has 0 radical (unpaired) electrons. The molecule has 4 aliphatic rings. The van der Waals surface area contributed by atoms with Crippen LogP contribution >= 0.6 is 0 Å². The first-order valence-corrected chi connectivity index (χ1v) is 25.3. The molecule has 406 valence electrons. The average molecular weight is 1070 g/mol. The van der Waals surface area contributed by atoms with Gasteiger partial charge < -0.3 is 55.2 Å². The van der Waals surface area contributed by atoms with Crippen molar-refractivity contribution in [1.29, 1.82) is 0 Å². The molecule has 1 unspecified atom stereocenters. The lowest BCUT2D eigenvalue weighted by Gasteiger charge is -2.31. The fraction of sp³-hybridized carbons (Fsp3) is 0.345. The smallest absolute Gasteiger partial charge is 0.407 e. The Morgan fingerprint density at radius 1 is 0.872 bits per heavy atom. The monoisotopic (exact) mass is 1070 g/mol. The maximum absolute atomic E-state index is 15.4. The van der Waals surface area contributed by atoms with Crippen molar-refractivity contribution in [2.75, 3.05) is 51.4 Å². The minimum Gasteiger partial charge on any atom is -0.458 e. The Balaban J connectivity index is 0.747. The van der Waals surface area contributed by atoms with E-state index >= 15 is 4.39 Å². The van der Waals surface area contributed by atoms with E-state index in [9.17, 15) is 48.3 Å². The molecule has 22 nitrogen and oxygen atoms in total. The maximum atomic E-state index is 15.4. The van der Waals surface area contributed by atoms with Gasteiger partial charge in [0.25, 0.3) is 17.4 Å². The van der Waals surface area contributed by atoms with Gasteiger partial charge in [0.05, 0.1) is 81.1 Å². The second-order valence-electron chi connectivity index (χ2n) is 18.9. The van der Waals surface area contributed by atoms with Crippen molar-refractivity contribution in [2.45, 2.75) is 77.0 Å². The SMILES string of the molecule is CC[C@@]1(O)C(=O)OCc2c1cc1n(c2=O)Cc2c-1nc1cc(F)c(C)c3c1c2[C@@H](NC(=O)OCc1ccc(NC(=O)CNC(=O)C(NC(=O)CNC(=O)CCOCCOCCN2C(=O)C=CC2=O)c2ccccc2)cc1)CC3. The number of hydrogen-bond donors (Lipinski definition) is 6. The van der Waals surface area contributed by atoms with Crippen LogP contribution in [0.25, 0.3) is 22.3 Å². The quantitative estimate of drug-likeness (QED) is 0.0343. The highest BCUT2D eigenvalue weighted by molar-refractivity contribution is 6.12. The van der Waals surface area contributed by atoms with Gasteiger partial charge in [0.1, 0.15) is 25.1 Å². The number of hydrogen-bond acceptors (Lipinski definition) is 15. The fourth-order valence-corrected chi connectivity index (χ4v) is 9.91. The molecular weight excluding hydrogens is 1020 g/mol. The summed E-state index contributed by atoms with van der Waals surface area (Å²) in [4.78, 5) is 121. The average Bonchev–Trinajstić information content (AvgIpc) is 4.17. The topological polar surface area (TPSA) is 292 Å². The lowest BCUT2D eigenvalue weighted by Crippen LogP contribution is -2.45. The largest absolute Gasteiger partial charge is 0.458 e. The summed E-state index contributed by atoms with van der Waals surface area (Å²) in [5.74, 6) is -4.53. The fourth-order valence-electron chi connectivity index (χ4n) is 9.91. The Bertz CT molecular complexity index is 3330. The van der Waals surface area contributed by atoms with Crippen LogP contribution in [0.2, 0.25) is 0 Å². The number of aliphatic hydroxyl groups is 1. The highest BCUT2D eigenvalue weighted by atomic mass is 19.1. The predicted molar refractivity (Wildman–Crippen MR) is 274 cm³/mol. The molecule has 5 heterocycles. The van der Waals surface area contributed by atoms with Gasteiger partial charge in [0.2, 0.25) is 23.6 Å². The van der Waals surface area contributed by atoms with E-state index < -0.39 is 89.7 Å². The Morgan fingerprint density at radius 2 is 1.59 bits per heavy atom. The third-order valence-electron chi connectivity index (χ3n) is 14.1. The summed E-state index contributed by atoms with van der Waals surface area (Å²) in [7, 11) is 0. The lowest BCUT2D eigenvalue weighted by molar-refractivity contribution is -0.172. The van der Waals surface area contributed by atoms with E-state index in [1.165, 1.54) is 22.8 Å². The standard InChI is InChI=1S/C55H55FN8O14/c1-3-55(74)37-23-41-50-35(27-64(41)52(71)36(37)29-77-53(55)72)48-39(14-13-34-30(2)38(56)24-40(60-50)47(34)48)61-54(73)78-28-31-9-11-33(12-10-31)59-43(66)26-58-51(70)49(32-7-5-4-6-8-32)62-44(67)25-57-42(65)17-19-75-21-22-76-20-18-63-45(68)15-16-46(63)69/h4-12,15-16,23-24,39,49,74H,3,13-14,17-22,25-29H2,1-2H3,(H,57,65)(H,58,70)(H,59,66)(H,61,73)(H,62,67)/t39-,49?,55-/m0/s1. The number of nitrogens with zero attached hydrogens (tertiary/aromatic N) is 3. The summed E-state index contributed by atoms with van der Waals surface area (Å²) in [6, 6.07) is 15.8. The first-order valence-electron chi connectivity index (χ1n) is 25.3. The summed E-state index contributed by atoms with van der Waals surface area (Å²) in [5.41, 5.74) is 2.69. The molecular formula is C55H55FN8O14. The highest BCUT2D eigenvalue weighted by Crippen LogP contribution is 2.46. The molecule has 0 bridgehead atoms. The van der Waals surface area contributed by atoms with Crippen molar-refractivity contribution < 1.29 is 66.8 Å². The van der Waals surface area contributed by atoms with Gasteiger partial charge in [-0.15, -0.1) is 0 Å². The first-order chi connectivity index (χ1) is 37.5. The summed E-state index contributed by atoms with van der Waals surface area (Å²) < 4.78 is 38.5. The number of cyclic esters (lactones) is 1. The molecule has 0 fully saturated rings. The van der Waals surface area contributed by atoms with Crippen LogP contribution in [0.5, 0.6) is 0 Å². The predicted octanol–water partition coefficient (Wildman–Crippen LogP) is 2.82. The van der Waals surface area contributed by atoms with Crippen molar-refractivity contribution in [1.82, 2.24) is 35.7 Å². The molecule has 2 aromatic heterocycles. The number of alkyl carbamates (subject to hydrolysis) is 1. The molecule has 0 saturated carbocycles. The summed E-state index contributed by atoms with van der Waals surface area (Å²) in [6.45, 7) is 2.58. The number of carbonyl (C=O) groups excluding carboxylic acids is 8. The molecule has 1 aliphatic carbocycles. The van der Waals surface area contributed by atoms with Gasteiger partial charge in [-0.2, -0.15) is 0 Å². The number of rotatable bonds is 21. The number of ether oxygens (including phenoxy) is 4. The van der Waals surface area contributed by atoms with Crippen LogP contribution in [-0.2, 0) is 84.3 Å². The van der Waals surface area contributed by atoms with Crippen LogP contribution in [0.3, 0.4) is 0 Å². The van der Waals surface area contributed by atoms with E-state index in [4.69, 9.17) is 23.9 Å². The van der Waals surface area contributed by atoms with Gasteiger partial charge in [0, 0.05) is 46.8 Å². The second kappa shape index (κ2) is 23.3. The number of aromatic nitrogens is 2. The minimum absolute atomic E-state index is 0.0312. The van der Waals surface area contributed by atoms with E-state index in [1.54, 1.807) is 74.5 Å². The molecule has 78 heavy (non-hydrogen) atoms. The maximum Gasteiger partial charge on any atom is 0.407 e. The zero-order valence-electron chi connectivity index (χ0n) is 42.5. The van der Waals surface area contributed by atoms with Gasteiger partial charge in [-0.3, -0.25) is 38.5 Å². The van der Waals surface area contributed by atoms with E-state index in [0.717, 1.165) is 10.5 Å². The summed E-state index contributed by atoms with van der Waals surface area (Å²) in [6.07, 6.45) is 2.32. The molecule has 23 heteroatoms. The van der Waals surface area contributed by atoms with Crippen molar-refractivity contribution >= 4 is 64.1 Å². The summed E-state index contributed by atoms with van der Waals surface area (Å²) in [5, 5.41) is 25.3. The van der Waals surface area contributed by atoms with Crippen molar-refractivity contribution in [3.05, 3.63) is 140 Å². The Kier molecular flexibility index (Phi) is 16.2. The van der Waals surface area contributed by atoms with Crippen LogP contribution in [0.4, 0.5) is 14.9 Å². The highest BCUT2D eigenvalue weighted by Gasteiger charge is 2.46. The number of nitrogens with one attached hydrogen (secondary N) is 5. The number of amides is 7. The number of pyridine rings is 2. The first kappa shape index (κ1) is 54.1. The normalized spacial score (nSPS) is 17.2. The van der Waals surface area contributed by atoms with Crippen LogP contribution in [0, 0.1) is 12.7 Å². The number of benzene rings is 3. The van der Waals surface area contributed by atoms with Crippen LogP contribution in [0.15, 0.2) is 83.7 Å². The zero-order valence-corrected chi connectivity index (χ0v) is 42.5. The van der Waals surface area contributed by atoms with E-state index in [1.807, 2.05) is 0 Å². The van der Waals surface area contributed by atoms with Crippen molar-refractivity contribution in [2.24, 2.45) is 0 Å². The molecule has 9 rings (SSSR count). The number of carbonyl (C=O) groups is 8.